The summed E-state index contributed by atoms with van der Waals surface area (Å²) >= 11 is -0.0943. The highest BCUT2D eigenvalue weighted by Crippen LogP contribution is 2.37. The van der Waals surface area contributed by atoms with Crippen LogP contribution in [0.4, 0.5) is 24.5 Å². The molecule has 0 aromatic heterocycles. The Balaban J connectivity index is 1.13. The minimum absolute atomic E-state index is 0.0943. The Morgan fingerprint density at radius 1 is 0.886 bits per heavy atom. The van der Waals surface area contributed by atoms with Crippen LogP contribution >= 0.6 is 11.8 Å². The molecular formula is C26H33F3N4OS. The van der Waals surface area contributed by atoms with Crippen molar-refractivity contribution in [3.8, 4) is 0 Å². The van der Waals surface area contributed by atoms with Crippen LogP contribution in [0.1, 0.15) is 24.8 Å². The Kier molecular flexibility index (Phi) is 8.49. The van der Waals surface area contributed by atoms with Crippen LogP contribution in [0.3, 0.4) is 0 Å². The normalized spacial score (nSPS) is 18.1. The van der Waals surface area contributed by atoms with Crippen molar-refractivity contribution in [1.29, 1.82) is 0 Å². The Morgan fingerprint density at radius 3 is 2.00 bits per heavy atom. The van der Waals surface area contributed by atoms with Gasteiger partial charge in [0.2, 0.25) is 5.91 Å². The molecule has 2 saturated heterocycles. The van der Waals surface area contributed by atoms with Crippen molar-refractivity contribution in [3.05, 3.63) is 54.1 Å². The first-order valence-corrected chi connectivity index (χ1v) is 13.0. The lowest BCUT2D eigenvalue weighted by Crippen LogP contribution is -2.48. The number of alkyl halides is 3. The van der Waals surface area contributed by atoms with Crippen LogP contribution in [0.25, 0.3) is 0 Å². The minimum Gasteiger partial charge on any atom is -0.371 e. The van der Waals surface area contributed by atoms with Crippen LogP contribution in [0, 0.1) is 6.92 Å². The second-order valence-corrected chi connectivity index (χ2v) is 10.4. The zero-order chi connectivity index (χ0) is 24.8. The molecule has 0 bridgehead atoms. The molecule has 2 aliphatic heterocycles. The third-order valence-corrected chi connectivity index (χ3v) is 7.46. The van der Waals surface area contributed by atoms with Gasteiger partial charge in [0, 0.05) is 74.5 Å². The topological polar surface area (TPSA) is 38.8 Å². The van der Waals surface area contributed by atoms with Crippen molar-refractivity contribution in [2.24, 2.45) is 0 Å². The average Bonchev–Trinajstić information content (AvgIpc) is 2.84. The van der Waals surface area contributed by atoms with Crippen molar-refractivity contribution in [2.75, 3.05) is 55.6 Å². The van der Waals surface area contributed by atoms with Crippen molar-refractivity contribution in [1.82, 2.24) is 10.2 Å². The lowest BCUT2D eigenvalue weighted by Gasteiger charge is -2.36. The van der Waals surface area contributed by atoms with Gasteiger partial charge in [-0.2, -0.15) is 13.2 Å². The van der Waals surface area contributed by atoms with Gasteiger partial charge in [-0.3, -0.25) is 9.69 Å². The predicted octanol–water partition coefficient (Wildman–Crippen LogP) is 4.90. The Morgan fingerprint density at radius 2 is 1.43 bits per heavy atom. The summed E-state index contributed by atoms with van der Waals surface area (Å²) in [4.78, 5) is 19.6. The molecular weight excluding hydrogens is 473 g/mol. The third kappa shape index (κ3) is 7.80. The van der Waals surface area contributed by atoms with E-state index in [9.17, 15) is 18.0 Å². The third-order valence-electron chi connectivity index (χ3n) is 6.72. The number of rotatable bonds is 7. The molecule has 0 atom stereocenters. The Labute approximate surface area is 209 Å². The first kappa shape index (κ1) is 25.7. The summed E-state index contributed by atoms with van der Waals surface area (Å²) in [5.74, 6) is 0.0953. The fourth-order valence-electron chi connectivity index (χ4n) is 4.69. The fraction of sp³-hybridized carbons (Fsp3) is 0.500. The molecule has 2 heterocycles. The molecule has 35 heavy (non-hydrogen) atoms. The number of benzene rings is 2. The maximum atomic E-state index is 12.5. The summed E-state index contributed by atoms with van der Waals surface area (Å²) in [5, 5.41) is 3.17. The predicted molar refractivity (Wildman–Crippen MR) is 136 cm³/mol. The maximum Gasteiger partial charge on any atom is 0.446 e. The highest BCUT2D eigenvalue weighted by atomic mass is 32.2. The summed E-state index contributed by atoms with van der Waals surface area (Å²) in [5.41, 5.74) is -0.822. The number of carbonyl (C=O) groups excluding carboxylic acids is 1. The van der Waals surface area contributed by atoms with Crippen LogP contribution in [0.2, 0.25) is 0 Å². The molecule has 0 radical (unpaired) electrons. The van der Waals surface area contributed by atoms with Gasteiger partial charge in [0.05, 0.1) is 0 Å². The van der Waals surface area contributed by atoms with Gasteiger partial charge >= 0.3 is 5.51 Å². The van der Waals surface area contributed by atoms with Gasteiger partial charge in [0.15, 0.2) is 0 Å². The number of nitrogens with zero attached hydrogens (tertiary/aromatic N) is 3. The van der Waals surface area contributed by atoms with Crippen molar-refractivity contribution >= 4 is 29.0 Å². The number of piperazine rings is 1. The van der Waals surface area contributed by atoms with Crippen molar-refractivity contribution in [3.63, 3.8) is 0 Å². The molecule has 0 spiro atoms. The van der Waals surface area contributed by atoms with E-state index in [2.05, 4.69) is 51.2 Å². The average molecular weight is 507 g/mol. The van der Waals surface area contributed by atoms with E-state index in [0.717, 1.165) is 64.3 Å². The summed E-state index contributed by atoms with van der Waals surface area (Å²) < 4.78 is 37.5. The Hall–Kier alpha value is -2.39. The van der Waals surface area contributed by atoms with Crippen LogP contribution in [-0.2, 0) is 4.79 Å². The van der Waals surface area contributed by atoms with Gasteiger partial charge in [0.1, 0.15) is 0 Å². The molecule has 4 rings (SSSR count). The van der Waals surface area contributed by atoms with Crippen LogP contribution in [0.15, 0.2) is 53.4 Å². The van der Waals surface area contributed by atoms with E-state index in [4.69, 9.17) is 0 Å². The van der Waals surface area contributed by atoms with Gasteiger partial charge < -0.3 is 15.1 Å². The molecule has 2 fully saturated rings. The molecule has 1 N–H and O–H groups in total. The Bertz CT molecular complexity index is 952. The van der Waals surface area contributed by atoms with E-state index in [1.165, 1.54) is 23.4 Å². The SMILES string of the molecule is Cc1ccc(N2CCN(CCC(=O)NC3CCN(c4ccc(SC(F)(F)F)cc4)CC3)CC2)cc1. The van der Waals surface area contributed by atoms with E-state index < -0.39 is 5.51 Å². The van der Waals surface area contributed by atoms with Crippen LogP contribution in [-0.4, -0.2) is 68.2 Å². The molecule has 1 amide bonds. The number of aryl methyl sites for hydroxylation is 1. The van der Waals surface area contributed by atoms with E-state index in [-0.39, 0.29) is 28.6 Å². The number of piperidine rings is 1. The lowest BCUT2D eigenvalue weighted by molar-refractivity contribution is -0.122. The molecule has 0 saturated carbocycles. The summed E-state index contributed by atoms with van der Waals surface area (Å²) in [6.07, 6.45) is 2.17. The first-order chi connectivity index (χ1) is 16.7. The number of thioether (sulfide) groups is 1. The lowest BCUT2D eigenvalue weighted by atomic mass is 10.0. The number of carbonyl (C=O) groups is 1. The summed E-state index contributed by atoms with van der Waals surface area (Å²) in [7, 11) is 0. The van der Waals surface area contributed by atoms with Gasteiger partial charge in [-0.1, -0.05) is 17.7 Å². The smallest absolute Gasteiger partial charge is 0.371 e. The quantitative estimate of drug-likeness (QED) is 0.541. The minimum atomic E-state index is -4.27. The van der Waals surface area contributed by atoms with Gasteiger partial charge in [-0.25, -0.2) is 0 Å². The maximum absolute atomic E-state index is 12.5. The highest BCUT2D eigenvalue weighted by Gasteiger charge is 2.29. The van der Waals surface area contributed by atoms with Gasteiger partial charge in [-0.05, 0) is 67.9 Å². The number of hydrogen-bond acceptors (Lipinski definition) is 5. The second kappa shape index (κ2) is 11.6. The van der Waals surface area contributed by atoms with E-state index in [0.29, 0.717) is 6.42 Å². The highest BCUT2D eigenvalue weighted by molar-refractivity contribution is 8.00. The zero-order valence-electron chi connectivity index (χ0n) is 20.1. The van der Waals surface area contributed by atoms with Gasteiger partial charge in [0.25, 0.3) is 0 Å². The number of amides is 1. The molecule has 9 heteroatoms. The largest absolute Gasteiger partial charge is 0.446 e. The first-order valence-electron chi connectivity index (χ1n) is 12.2. The van der Waals surface area contributed by atoms with Crippen LogP contribution in [0.5, 0.6) is 0 Å². The molecule has 0 unspecified atom stereocenters. The van der Waals surface area contributed by atoms with E-state index >= 15 is 0 Å². The van der Waals surface area contributed by atoms with Crippen molar-refractivity contribution < 1.29 is 18.0 Å². The number of nitrogens with one attached hydrogen (secondary N) is 1. The number of halogens is 3. The molecule has 2 aromatic rings. The molecule has 2 aromatic carbocycles. The zero-order valence-corrected chi connectivity index (χ0v) is 20.9. The van der Waals surface area contributed by atoms with Crippen molar-refractivity contribution in [2.45, 2.75) is 42.6 Å². The second-order valence-electron chi connectivity index (χ2n) is 9.28. The van der Waals surface area contributed by atoms with Gasteiger partial charge in [-0.15, -0.1) is 0 Å². The van der Waals surface area contributed by atoms with E-state index in [1.807, 2.05) is 0 Å². The number of anilines is 2. The standard InChI is InChI=1S/C26H33F3N4OS/c1-20-2-4-22(5-3-20)33-18-16-31(17-19-33)13-12-25(34)30-21-10-14-32(15-11-21)23-6-8-24(9-7-23)35-26(27,28)29/h2-9,21H,10-19H2,1H3,(H,30,34). The monoisotopic (exact) mass is 506 g/mol. The molecule has 5 nitrogen and oxygen atoms in total. The fourth-order valence-corrected chi connectivity index (χ4v) is 5.22. The molecule has 190 valence electrons. The van der Waals surface area contributed by atoms with Crippen LogP contribution < -0.4 is 15.1 Å². The summed E-state index contributed by atoms with van der Waals surface area (Å²) in [6, 6.07) is 15.3. The number of hydrogen-bond donors (Lipinski definition) is 1. The summed E-state index contributed by atoms with van der Waals surface area (Å²) in [6.45, 7) is 8.28. The van der Waals surface area contributed by atoms with E-state index in [1.54, 1.807) is 12.1 Å². The molecule has 0 aliphatic carbocycles. The molecule has 2 aliphatic rings.